The largest absolute Gasteiger partial charge is 0.345 e. The minimum absolute atomic E-state index is 0.593. The summed E-state index contributed by atoms with van der Waals surface area (Å²) >= 11 is 0. The van der Waals surface area contributed by atoms with Crippen molar-refractivity contribution in [2.75, 3.05) is 13.1 Å². The van der Waals surface area contributed by atoms with Gasteiger partial charge >= 0.3 is 0 Å². The molecule has 1 radical (unpaired) electrons. The van der Waals surface area contributed by atoms with Crippen LogP contribution in [0.15, 0.2) is 0 Å². The minimum Gasteiger partial charge on any atom is -0.345 e. The number of carbonyl (C=O) groups excluding carboxylic acids is 1. The monoisotopic (exact) mass is 156 g/mol. The first-order chi connectivity index (χ1) is 5.35. The van der Waals surface area contributed by atoms with Crippen molar-refractivity contribution < 1.29 is 4.79 Å². The molecule has 0 aromatic rings. The molecule has 0 N–H and O–H groups in total. The van der Waals surface area contributed by atoms with Crippen molar-refractivity contribution in [2.24, 2.45) is 0 Å². The number of hydrogen-bond donors (Lipinski definition) is 0. The first-order valence-electron chi connectivity index (χ1n) is 4.33. The molecule has 0 rings (SSSR count). The number of amides is 1. The first kappa shape index (κ1) is 10.5. The Morgan fingerprint density at radius 3 is 2.55 bits per heavy atom. The van der Waals surface area contributed by atoms with Crippen LogP contribution in [0.2, 0.25) is 0 Å². The molecule has 0 aliphatic carbocycles. The Kier molecular flexibility index (Phi) is 7.21. The summed E-state index contributed by atoms with van der Waals surface area (Å²) in [6, 6.07) is 0. The maximum Gasteiger partial charge on any atom is 0.209 e. The lowest BCUT2D eigenvalue weighted by molar-refractivity contribution is -0.117. The Balaban J connectivity index is 3.14. The van der Waals surface area contributed by atoms with Crippen LogP contribution < -0.4 is 0 Å². The molecular formula is C9H18NO. The Morgan fingerprint density at radius 1 is 1.36 bits per heavy atom. The normalized spacial score (nSPS) is 9.64. The van der Waals surface area contributed by atoms with E-state index in [1.165, 1.54) is 19.3 Å². The molecule has 0 spiro atoms. The second-order valence-corrected chi connectivity index (χ2v) is 2.70. The SMILES string of the molecule is [CH2]CN(C=O)CCCCCC. The highest BCUT2D eigenvalue weighted by Gasteiger charge is 1.95. The smallest absolute Gasteiger partial charge is 0.209 e. The van der Waals surface area contributed by atoms with E-state index in [2.05, 4.69) is 13.8 Å². The van der Waals surface area contributed by atoms with Crippen molar-refractivity contribution in [1.29, 1.82) is 0 Å². The fraction of sp³-hybridized carbons (Fsp3) is 0.778. The molecule has 65 valence electrons. The minimum atomic E-state index is 0.593. The van der Waals surface area contributed by atoms with Crippen LogP contribution in [0.3, 0.4) is 0 Å². The zero-order chi connectivity index (χ0) is 8.53. The summed E-state index contributed by atoms with van der Waals surface area (Å²) in [6.45, 7) is 7.29. The summed E-state index contributed by atoms with van der Waals surface area (Å²) in [5.41, 5.74) is 0. The topological polar surface area (TPSA) is 20.3 Å². The van der Waals surface area contributed by atoms with Crippen molar-refractivity contribution in [3.8, 4) is 0 Å². The summed E-state index contributed by atoms with van der Waals surface area (Å²) < 4.78 is 0. The molecule has 1 amide bonds. The van der Waals surface area contributed by atoms with Crippen molar-refractivity contribution in [1.82, 2.24) is 4.90 Å². The molecule has 0 aliphatic rings. The Bertz CT molecular complexity index is 93.6. The molecule has 0 saturated carbocycles. The summed E-state index contributed by atoms with van der Waals surface area (Å²) in [6.07, 6.45) is 5.72. The lowest BCUT2D eigenvalue weighted by Gasteiger charge is -2.13. The first-order valence-corrected chi connectivity index (χ1v) is 4.33. The zero-order valence-corrected chi connectivity index (χ0v) is 7.38. The van der Waals surface area contributed by atoms with Crippen LogP contribution in [0.5, 0.6) is 0 Å². The summed E-state index contributed by atoms with van der Waals surface area (Å²) in [7, 11) is 0. The average molecular weight is 156 g/mol. The van der Waals surface area contributed by atoms with Gasteiger partial charge in [-0.15, -0.1) is 0 Å². The third-order valence-corrected chi connectivity index (χ3v) is 1.74. The van der Waals surface area contributed by atoms with E-state index in [0.29, 0.717) is 6.54 Å². The van der Waals surface area contributed by atoms with E-state index in [0.717, 1.165) is 19.4 Å². The lowest BCUT2D eigenvalue weighted by Crippen LogP contribution is -2.22. The number of rotatable bonds is 7. The van der Waals surface area contributed by atoms with E-state index in [1.807, 2.05) is 0 Å². The van der Waals surface area contributed by atoms with E-state index in [-0.39, 0.29) is 0 Å². The second-order valence-electron chi connectivity index (χ2n) is 2.70. The van der Waals surface area contributed by atoms with E-state index >= 15 is 0 Å². The highest BCUT2D eigenvalue weighted by Crippen LogP contribution is 1.99. The molecule has 2 nitrogen and oxygen atoms in total. The predicted molar refractivity (Wildman–Crippen MR) is 47.1 cm³/mol. The lowest BCUT2D eigenvalue weighted by atomic mass is 10.2. The van der Waals surface area contributed by atoms with Crippen LogP contribution in [0, 0.1) is 6.92 Å². The number of hydrogen-bond acceptors (Lipinski definition) is 1. The van der Waals surface area contributed by atoms with E-state index < -0.39 is 0 Å². The number of nitrogens with zero attached hydrogens (tertiary/aromatic N) is 1. The van der Waals surface area contributed by atoms with Gasteiger partial charge in [-0.05, 0) is 13.3 Å². The van der Waals surface area contributed by atoms with Gasteiger partial charge < -0.3 is 4.90 Å². The van der Waals surface area contributed by atoms with Crippen molar-refractivity contribution >= 4 is 6.41 Å². The summed E-state index contributed by atoms with van der Waals surface area (Å²) in [5.74, 6) is 0. The van der Waals surface area contributed by atoms with Gasteiger partial charge in [-0.3, -0.25) is 4.79 Å². The molecule has 0 bridgehead atoms. The van der Waals surface area contributed by atoms with Gasteiger partial charge in [-0.2, -0.15) is 0 Å². The van der Waals surface area contributed by atoms with Gasteiger partial charge in [0.25, 0.3) is 0 Å². The zero-order valence-electron chi connectivity index (χ0n) is 7.38. The van der Waals surface area contributed by atoms with Gasteiger partial charge in [0.2, 0.25) is 6.41 Å². The van der Waals surface area contributed by atoms with Gasteiger partial charge in [0.15, 0.2) is 0 Å². The fourth-order valence-corrected chi connectivity index (χ4v) is 0.959. The van der Waals surface area contributed by atoms with Crippen molar-refractivity contribution in [3.63, 3.8) is 0 Å². The van der Waals surface area contributed by atoms with Crippen LogP contribution in [-0.4, -0.2) is 24.4 Å². The summed E-state index contributed by atoms with van der Waals surface area (Å²) in [5, 5.41) is 0. The molecule has 0 unspecified atom stereocenters. The van der Waals surface area contributed by atoms with Crippen molar-refractivity contribution in [2.45, 2.75) is 32.6 Å². The maximum absolute atomic E-state index is 10.3. The fourth-order valence-electron chi connectivity index (χ4n) is 0.959. The van der Waals surface area contributed by atoms with Gasteiger partial charge in [-0.1, -0.05) is 26.2 Å². The molecule has 2 heteroatoms. The third-order valence-electron chi connectivity index (χ3n) is 1.74. The van der Waals surface area contributed by atoms with E-state index in [1.54, 1.807) is 4.90 Å². The average Bonchev–Trinajstić information content (AvgIpc) is 2.05. The quantitative estimate of drug-likeness (QED) is 0.407. The summed E-state index contributed by atoms with van der Waals surface area (Å²) in [4.78, 5) is 12.0. The predicted octanol–water partition coefficient (Wildman–Crippen LogP) is 1.86. The van der Waals surface area contributed by atoms with Crippen LogP contribution >= 0.6 is 0 Å². The highest BCUT2D eigenvalue weighted by atomic mass is 16.1. The molecule has 0 fully saturated rings. The van der Waals surface area contributed by atoms with Gasteiger partial charge in [0, 0.05) is 13.1 Å². The molecule has 0 saturated heterocycles. The Labute approximate surface area is 69.6 Å². The molecule has 0 aromatic heterocycles. The molecule has 0 atom stereocenters. The van der Waals surface area contributed by atoms with Crippen LogP contribution in [0.4, 0.5) is 0 Å². The molecular weight excluding hydrogens is 138 g/mol. The molecule has 0 heterocycles. The van der Waals surface area contributed by atoms with Gasteiger partial charge in [-0.25, -0.2) is 0 Å². The Morgan fingerprint density at radius 2 is 2.09 bits per heavy atom. The number of unbranched alkanes of at least 4 members (excludes halogenated alkanes) is 3. The number of carbonyl (C=O) groups is 1. The van der Waals surface area contributed by atoms with Crippen LogP contribution in [0.1, 0.15) is 32.6 Å². The standard InChI is InChI=1S/C9H18NO/c1-3-5-6-7-8-10(4-2)9-11/h9H,2-8H2,1H3. The molecule has 0 aliphatic heterocycles. The maximum atomic E-state index is 10.3. The second kappa shape index (κ2) is 7.58. The molecule has 11 heavy (non-hydrogen) atoms. The third kappa shape index (κ3) is 5.89. The van der Waals surface area contributed by atoms with E-state index in [9.17, 15) is 4.79 Å². The molecule has 0 aromatic carbocycles. The van der Waals surface area contributed by atoms with Crippen molar-refractivity contribution in [3.05, 3.63) is 6.92 Å². The van der Waals surface area contributed by atoms with Crippen LogP contribution in [0.25, 0.3) is 0 Å². The van der Waals surface area contributed by atoms with E-state index in [4.69, 9.17) is 0 Å². The Hall–Kier alpha value is -0.530. The van der Waals surface area contributed by atoms with Crippen LogP contribution in [-0.2, 0) is 4.79 Å². The highest BCUT2D eigenvalue weighted by molar-refractivity contribution is 5.46. The van der Waals surface area contributed by atoms with Gasteiger partial charge in [0.05, 0.1) is 0 Å². The van der Waals surface area contributed by atoms with Gasteiger partial charge in [0.1, 0.15) is 0 Å².